The molecule has 0 aromatic heterocycles. The van der Waals surface area contributed by atoms with Crippen LogP contribution in [-0.2, 0) is 0 Å². The van der Waals surface area contributed by atoms with E-state index >= 15 is 0 Å². The van der Waals surface area contributed by atoms with E-state index in [0.29, 0.717) is 6.08 Å². The highest BCUT2D eigenvalue weighted by Crippen LogP contribution is 2.23. The van der Waals surface area contributed by atoms with E-state index in [-0.39, 0.29) is 6.33 Å². The molecule has 0 saturated carbocycles. The van der Waals surface area contributed by atoms with Gasteiger partial charge in [-0.1, -0.05) is 23.2 Å². The SMILES string of the molecule is FC=CC(F)(Cl)Cl. The Morgan fingerprint density at radius 3 is 1.86 bits per heavy atom. The lowest BCUT2D eigenvalue weighted by Crippen LogP contribution is -1.94. The molecule has 4 heteroatoms. The summed E-state index contributed by atoms with van der Waals surface area (Å²) in [5.74, 6) is 0. The molecule has 0 radical (unpaired) electrons. The minimum absolute atomic E-state index is 0.0556. The Labute approximate surface area is 49.7 Å². The molecule has 0 heterocycles. The first-order valence-electron chi connectivity index (χ1n) is 1.41. The molecule has 0 saturated heterocycles. The summed E-state index contributed by atoms with van der Waals surface area (Å²) in [7, 11) is 0. The maximum absolute atomic E-state index is 11.6. The van der Waals surface area contributed by atoms with E-state index in [0.717, 1.165) is 0 Å². The van der Waals surface area contributed by atoms with Gasteiger partial charge in [-0.25, -0.2) is 8.78 Å². The maximum Gasteiger partial charge on any atom is 0.278 e. The van der Waals surface area contributed by atoms with E-state index in [1.807, 2.05) is 0 Å². The first kappa shape index (κ1) is 7.18. The fourth-order valence-electron chi connectivity index (χ4n) is 0.0714. The largest absolute Gasteiger partial charge is 0.278 e. The van der Waals surface area contributed by atoms with E-state index in [1.54, 1.807) is 0 Å². The molecule has 42 valence electrons. The standard InChI is InChI=1S/C3H2Cl2F2/c4-3(5,7)1-2-6/h1-2H. The molecule has 0 aliphatic rings. The van der Waals surface area contributed by atoms with Crippen molar-refractivity contribution >= 4 is 23.2 Å². The van der Waals surface area contributed by atoms with Gasteiger partial charge in [-0.05, 0) is 0 Å². The molecule has 0 bridgehead atoms. The zero-order valence-electron chi connectivity index (χ0n) is 3.17. The van der Waals surface area contributed by atoms with E-state index < -0.39 is 4.59 Å². The Morgan fingerprint density at radius 2 is 1.86 bits per heavy atom. The summed E-state index contributed by atoms with van der Waals surface area (Å²) in [6.07, 6.45) is 0.329. The van der Waals surface area contributed by atoms with Crippen molar-refractivity contribution in [2.24, 2.45) is 0 Å². The number of allylic oxidation sites excluding steroid dienone is 1. The van der Waals surface area contributed by atoms with Crippen molar-refractivity contribution in [1.82, 2.24) is 0 Å². The predicted octanol–water partition coefficient (Wildman–Crippen LogP) is 2.57. The van der Waals surface area contributed by atoms with Gasteiger partial charge in [0, 0.05) is 6.08 Å². The molecule has 0 amide bonds. The molecule has 0 unspecified atom stereocenters. The van der Waals surface area contributed by atoms with Crippen LogP contribution in [0.2, 0.25) is 0 Å². The minimum Gasteiger partial charge on any atom is -0.216 e. The fourth-order valence-corrected chi connectivity index (χ4v) is 0.167. The normalized spacial score (nSPS) is 13.1. The van der Waals surface area contributed by atoms with Crippen LogP contribution < -0.4 is 0 Å². The smallest absolute Gasteiger partial charge is 0.216 e. The van der Waals surface area contributed by atoms with Crippen LogP contribution in [0.5, 0.6) is 0 Å². The van der Waals surface area contributed by atoms with Crippen molar-refractivity contribution in [1.29, 1.82) is 0 Å². The number of hydrogen-bond acceptors (Lipinski definition) is 0. The highest BCUT2D eigenvalue weighted by molar-refractivity contribution is 6.48. The summed E-state index contributed by atoms with van der Waals surface area (Å²) in [6, 6.07) is 0. The van der Waals surface area contributed by atoms with Crippen LogP contribution in [0.3, 0.4) is 0 Å². The Morgan fingerprint density at radius 1 is 1.43 bits per heavy atom. The van der Waals surface area contributed by atoms with Gasteiger partial charge in [0.2, 0.25) is 0 Å². The van der Waals surface area contributed by atoms with Gasteiger partial charge in [0.15, 0.2) is 0 Å². The van der Waals surface area contributed by atoms with Gasteiger partial charge in [0.05, 0.1) is 6.33 Å². The summed E-state index contributed by atoms with van der Waals surface area (Å²) < 4.78 is 19.9. The Kier molecular flexibility index (Phi) is 2.54. The molecule has 0 N–H and O–H groups in total. The van der Waals surface area contributed by atoms with Crippen LogP contribution in [-0.4, -0.2) is 4.59 Å². The second-order valence-electron chi connectivity index (χ2n) is 0.834. The number of alkyl halides is 3. The van der Waals surface area contributed by atoms with Gasteiger partial charge in [-0.15, -0.1) is 0 Å². The quantitative estimate of drug-likeness (QED) is 0.500. The van der Waals surface area contributed by atoms with E-state index in [2.05, 4.69) is 23.2 Å². The topological polar surface area (TPSA) is 0 Å². The van der Waals surface area contributed by atoms with Crippen molar-refractivity contribution in [2.75, 3.05) is 0 Å². The van der Waals surface area contributed by atoms with Crippen LogP contribution in [0.25, 0.3) is 0 Å². The lowest BCUT2D eigenvalue weighted by molar-refractivity contribution is 0.458. The second-order valence-corrected chi connectivity index (χ2v) is 2.13. The third-order valence-corrected chi connectivity index (χ3v) is 0.504. The van der Waals surface area contributed by atoms with Crippen molar-refractivity contribution in [3.63, 3.8) is 0 Å². The fraction of sp³-hybridized carbons (Fsp3) is 0.333. The van der Waals surface area contributed by atoms with Crippen molar-refractivity contribution in [2.45, 2.75) is 4.59 Å². The first-order valence-corrected chi connectivity index (χ1v) is 2.16. The Balaban J connectivity index is 3.56. The second kappa shape index (κ2) is 2.48. The Bertz CT molecular complexity index is 73.5. The number of halogens is 4. The summed E-state index contributed by atoms with van der Waals surface area (Å²) in [6.45, 7) is 0. The average Bonchev–Trinajstić information content (AvgIpc) is 1.30. The van der Waals surface area contributed by atoms with Crippen LogP contribution in [0, 0.1) is 0 Å². The van der Waals surface area contributed by atoms with Crippen molar-refractivity contribution < 1.29 is 8.78 Å². The zero-order valence-corrected chi connectivity index (χ0v) is 4.68. The monoisotopic (exact) mass is 146 g/mol. The molecule has 7 heavy (non-hydrogen) atoms. The molecule has 0 rings (SSSR count). The van der Waals surface area contributed by atoms with Gasteiger partial charge in [0.1, 0.15) is 0 Å². The van der Waals surface area contributed by atoms with Crippen LogP contribution in [0.4, 0.5) is 8.78 Å². The number of rotatable bonds is 1. The molecule has 0 spiro atoms. The molecule has 0 aromatic rings. The van der Waals surface area contributed by atoms with E-state index in [9.17, 15) is 8.78 Å². The summed E-state index contributed by atoms with van der Waals surface area (Å²) in [4.78, 5) is 0. The summed E-state index contributed by atoms with van der Waals surface area (Å²) >= 11 is 9.21. The van der Waals surface area contributed by atoms with Gasteiger partial charge in [-0.2, -0.15) is 0 Å². The van der Waals surface area contributed by atoms with Crippen LogP contribution >= 0.6 is 23.2 Å². The molecule has 0 atom stereocenters. The molecular formula is C3H2Cl2F2. The van der Waals surface area contributed by atoms with E-state index in [4.69, 9.17) is 0 Å². The lowest BCUT2D eigenvalue weighted by Gasteiger charge is -1.96. The Hall–Kier alpha value is 0.180. The van der Waals surface area contributed by atoms with Crippen molar-refractivity contribution in [3.05, 3.63) is 12.4 Å². The zero-order chi connectivity index (χ0) is 5.91. The number of hydrogen-bond donors (Lipinski definition) is 0. The molecule has 0 aromatic carbocycles. The minimum atomic E-state index is -2.56. The first-order chi connectivity index (χ1) is 3.06. The molecule has 0 fully saturated rings. The molecule has 0 aliphatic carbocycles. The lowest BCUT2D eigenvalue weighted by atomic mass is 10.7. The van der Waals surface area contributed by atoms with Gasteiger partial charge in [-0.3, -0.25) is 0 Å². The third-order valence-electron chi connectivity index (χ3n) is 0.252. The predicted molar refractivity (Wildman–Crippen MR) is 25.8 cm³/mol. The molecular weight excluding hydrogens is 145 g/mol. The molecule has 0 aliphatic heterocycles. The van der Waals surface area contributed by atoms with Crippen LogP contribution in [0.15, 0.2) is 12.4 Å². The van der Waals surface area contributed by atoms with Crippen LogP contribution in [0.1, 0.15) is 0 Å². The van der Waals surface area contributed by atoms with E-state index in [1.165, 1.54) is 0 Å². The van der Waals surface area contributed by atoms with Gasteiger partial charge >= 0.3 is 0 Å². The average molecular weight is 147 g/mol. The molecule has 0 nitrogen and oxygen atoms in total. The highest BCUT2D eigenvalue weighted by Gasteiger charge is 2.15. The van der Waals surface area contributed by atoms with Gasteiger partial charge in [0.25, 0.3) is 4.59 Å². The highest BCUT2D eigenvalue weighted by atomic mass is 35.5. The van der Waals surface area contributed by atoms with Gasteiger partial charge < -0.3 is 0 Å². The summed E-state index contributed by atoms with van der Waals surface area (Å²) in [5, 5.41) is 0. The summed E-state index contributed by atoms with van der Waals surface area (Å²) in [5.41, 5.74) is 0. The maximum atomic E-state index is 11.6. The van der Waals surface area contributed by atoms with Crippen molar-refractivity contribution in [3.8, 4) is 0 Å². The third kappa shape index (κ3) is 6.18.